The monoisotopic (exact) mass is 234 g/mol. The molecule has 0 aromatic rings. The van der Waals surface area contributed by atoms with E-state index in [4.69, 9.17) is 4.74 Å². The molecule has 0 atom stereocenters. The third-order valence-electron chi connectivity index (χ3n) is 1.60. The van der Waals surface area contributed by atoms with Gasteiger partial charge in [0.25, 0.3) is 0 Å². The van der Waals surface area contributed by atoms with E-state index in [0.29, 0.717) is 0 Å². The third kappa shape index (κ3) is 10.2. The fraction of sp³-hybridized carbons (Fsp3) is 0.800. The Hall–Kier alpha value is 0.180. The lowest BCUT2D eigenvalue weighted by Gasteiger charge is -2.02. The maximum absolute atomic E-state index is 5.41. The summed E-state index contributed by atoms with van der Waals surface area (Å²) < 4.78 is 5.41. The van der Waals surface area contributed by atoms with E-state index in [-0.39, 0.29) is 0 Å². The van der Waals surface area contributed by atoms with Gasteiger partial charge in [0.15, 0.2) is 0 Å². The van der Waals surface area contributed by atoms with Gasteiger partial charge in [-0.25, -0.2) is 0 Å². The molecule has 0 rings (SSSR count). The second-order valence-electron chi connectivity index (χ2n) is 3.07. The van der Waals surface area contributed by atoms with Crippen molar-refractivity contribution in [3.05, 3.63) is 12.2 Å². The van der Waals surface area contributed by atoms with Crippen molar-refractivity contribution in [2.24, 2.45) is 0 Å². The van der Waals surface area contributed by atoms with Crippen LogP contribution in [0.5, 0.6) is 0 Å². The van der Waals surface area contributed by atoms with Crippen LogP contribution in [0.15, 0.2) is 12.2 Å². The van der Waals surface area contributed by atoms with Gasteiger partial charge < -0.3 is 4.74 Å². The number of hydrogen-bond acceptors (Lipinski definition) is 1. The molecule has 0 saturated carbocycles. The van der Waals surface area contributed by atoms with Gasteiger partial charge in [-0.2, -0.15) is 0 Å². The molecule has 0 aromatic carbocycles. The van der Waals surface area contributed by atoms with Gasteiger partial charge in [-0.05, 0) is 26.2 Å². The first-order valence-corrected chi connectivity index (χ1v) is 5.67. The van der Waals surface area contributed by atoms with Gasteiger partial charge >= 0.3 is 0 Å². The SMILES string of the molecule is C=C(C)CCOCCCCCBr. The van der Waals surface area contributed by atoms with E-state index in [1.165, 1.54) is 24.8 Å². The molecule has 0 unspecified atom stereocenters. The van der Waals surface area contributed by atoms with Crippen LogP contribution in [-0.2, 0) is 4.74 Å². The van der Waals surface area contributed by atoms with Gasteiger partial charge in [-0.15, -0.1) is 6.58 Å². The molecule has 0 aliphatic heterocycles. The summed E-state index contributed by atoms with van der Waals surface area (Å²) in [6.07, 6.45) is 4.70. The molecule has 0 aliphatic carbocycles. The molecule has 0 aliphatic rings. The van der Waals surface area contributed by atoms with E-state index in [0.717, 1.165) is 25.0 Å². The molecule has 0 spiro atoms. The largest absolute Gasteiger partial charge is 0.381 e. The smallest absolute Gasteiger partial charge is 0.0502 e. The highest BCUT2D eigenvalue weighted by Crippen LogP contribution is 2.00. The fourth-order valence-corrected chi connectivity index (χ4v) is 1.22. The molecule has 0 radical (unpaired) electrons. The second kappa shape index (κ2) is 9.27. The number of halogens is 1. The number of ether oxygens (including phenoxy) is 1. The van der Waals surface area contributed by atoms with Crippen LogP contribution in [0.4, 0.5) is 0 Å². The summed E-state index contributed by atoms with van der Waals surface area (Å²) in [6, 6.07) is 0. The van der Waals surface area contributed by atoms with Crippen LogP contribution >= 0.6 is 15.9 Å². The van der Waals surface area contributed by atoms with Crippen molar-refractivity contribution in [2.45, 2.75) is 32.6 Å². The summed E-state index contributed by atoms with van der Waals surface area (Å²) in [6.45, 7) is 7.59. The maximum Gasteiger partial charge on any atom is 0.0502 e. The van der Waals surface area contributed by atoms with Gasteiger partial charge in [0, 0.05) is 11.9 Å². The minimum atomic E-state index is 0.837. The van der Waals surface area contributed by atoms with E-state index in [1.807, 2.05) is 6.92 Å². The molecule has 0 amide bonds. The number of unbranched alkanes of at least 4 members (excludes halogenated alkanes) is 2. The Kier molecular flexibility index (Phi) is 9.41. The van der Waals surface area contributed by atoms with Crippen molar-refractivity contribution >= 4 is 15.9 Å². The predicted octanol–water partition coefficient (Wildman–Crippen LogP) is 3.53. The molecule has 72 valence electrons. The lowest BCUT2D eigenvalue weighted by Crippen LogP contribution is -1.97. The lowest BCUT2D eigenvalue weighted by molar-refractivity contribution is 0.133. The molecule has 0 saturated heterocycles. The Morgan fingerprint density at radius 1 is 1.25 bits per heavy atom. The summed E-state index contributed by atoms with van der Waals surface area (Å²) in [7, 11) is 0. The highest BCUT2D eigenvalue weighted by molar-refractivity contribution is 9.09. The van der Waals surface area contributed by atoms with E-state index in [2.05, 4.69) is 22.5 Å². The third-order valence-corrected chi connectivity index (χ3v) is 2.16. The number of alkyl halides is 1. The van der Waals surface area contributed by atoms with Crippen LogP contribution < -0.4 is 0 Å². The van der Waals surface area contributed by atoms with Crippen molar-refractivity contribution < 1.29 is 4.74 Å². The normalized spacial score (nSPS) is 10.2. The topological polar surface area (TPSA) is 9.23 Å². The number of hydrogen-bond donors (Lipinski definition) is 0. The molecule has 12 heavy (non-hydrogen) atoms. The Morgan fingerprint density at radius 3 is 2.58 bits per heavy atom. The van der Waals surface area contributed by atoms with Crippen molar-refractivity contribution in [2.75, 3.05) is 18.5 Å². The van der Waals surface area contributed by atoms with Crippen LogP contribution in [0.1, 0.15) is 32.6 Å². The van der Waals surface area contributed by atoms with Crippen molar-refractivity contribution in [3.63, 3.8) is 0 Å². The molecule has 0 heterocycles. The highest BCUT2D eigenvalue weighted by Gasteiger charge is 1.90. The summed E-state index contributed by atoms with van der Waals surface area (Å²) in [5, 5.41) is 1.11. The average molecular weight is 235 g/mol. The van der Waals surface area contributed by atoms with E-state index < -0.39 is 0 Å². The number of rotatable bonds is 8. The zero-order valence-electron chi connectivity index (χ0n) is 7.94. The van der Waals surface area contributed by atoms with E-state index in [1.54, 1.807) is 0 Å². The molecular weight excluding hydrogens is 216 g/mol. The summed E-state index contributed by atoms with van der Waals surface area (Å²) >= 11 is 3.40. The maximum atomic E-state index is 5.41. The Labute approximate surface area is 84.3 Å². The first-order valence-electron chi connectivity index (χ1n) is 4.55. The van der Waals surface area contributed by atoms with Gasteiger partial charge in [-0.1, -0.05) is 27.9 Å². The highest BCUT2D eigenvalue weighted by atomic mass is 79.9. The molecule has 1 nitrogen and oxygen atoms in total. The Morgan fingerprint density at radius 2 is 2.00 bits per heavy atom. The Bertz CT molecular complexity index is 112. The summed E-state index contributed by atoms with van der Waals surface area (Å²) in [5.41, 5.74) is 1.20. The molecule has 0 aromatic heterocycles. The molecule has 0 bridgehead atoms. The van der Waals surface area contributed by atoms with Crippen LogP contribution in [-0.4, -0.2) is 18.5 Å². The van der Waals surface area contributed by atoms with Crippen molar-refractivity contribution in [1.82, 2.24) is 0 Å². The summed E-state index contributed by atoms with van der Waals surface area (Å²) in [5.74, 6) is 0. The molecule has 0 fully saturated rings. The lowest BCUT2D eigenvalue weighted by atomic mass is 10.2. The average Bonchev–Trinajstić information content (AvgIpc) is 2.02. The fourth-order valence-electron chi connectivity index (χ4n) is 0.824. The zero-order valence-corrected chi connectivity index (χ0v) is 9.53. The van der Waals surface area contributed by atoms with Crippen LogP contribution in [0.2, 0.25) is 0 Å². The van der Waals surface area contributed by atoms with Crippen LogP contribution in [0.3, 0.4) is 0 Å². The van der Waals surface area contributed by atoms with Gasteiger partial charge in [0.1, 0.15) is 0 Å². The first kappa shape index (κ1) is 12.2. The standard InChI is InChI=1S/C10H19BrO/c1-10(2)6-9-12-8-5-3-4-7-11/h1,3-9H2,2H3. The van der Waals surface area contributed by atoms with Crippen molar-refractivity contribution in [1.29, 1.82) is 0 Å². The minimum absolute atomic E-state index is 0.837. The van der Waals surface area contributed by atoms with Crippen LogP contribution in [0.25, 0.3) is 0 Å². The quantitative estimate of drug-likeness (QED) is 0.355. The Balaban J connectivity index is 2.86. The second-order valence-corrected chi connectivity index (χ2v) is 3.86. The molecule has 0 N–H and O–H groups in total. The van der Waals surface area contributed by atoms with Gasteiger partial charge in [0.2, 0.25) is 0 Å². The minimum Gasteiger partial charge on any atom is -0.381 e. The first-order chi connectivity index (χ1) is 5.77. The van der Waals surface area contributed by atoms with Gasteiger partial charge in [-0.3, -0.25) is 0 Å². The van der Waals surface area contributed by atoms with E-state index >= 15 is 0 Å². The van der Waals surface area contributed by atoms with Gasteiger partial charge in [0.05, 0.1) is 6.61 Å². The van der Waals surface area contributed by atoms with Crippen LogP contribution in [0, 0.1) is 0 Å². The predicted molar refractivity (Wildman–Crippen MR) is 57.9 cm³/mol. The van der Waals surface area contributed by atoms with E-state index in [9.17, 15) is 0 Å². The summed E-state index contributed by atoms with van der Waals surface area (Å²) in [4.78, 5) is 0. The molecular formula is C10H19BrO. The van der Waals surface area contributed by atoms with Crippen molar-refractivity contribution in [3.8, 4) is 0 Å². The molecule has 2 heteroatoms. The zero-order chi connectivity index (χ0) is 9.23.